The molecule has 1 saturated heterocycles. The van der Waals surface area contributed by atoms with E-state index < -0.39 is 0 Å². The summed E-state index contributed by atoms with van der Waals surface area (Å²) < 4.78 is 3.92. The Morgan fingerprint density at radius 1 is 1.19 bits per heavy atom. The highest BCUT2D eigenvalue weighted by Crippen LogP contribution is 2.25. The monoisotopic (exact) mass is 354 g/mol. The molecule has 0 atom stereocenters. The van der Waals surface area contributed by atoms with E-state index in [9.17, 15) is 0 Å². The molecule has 1 N–H and O–H groups in total. The van der Waals surface area contributed by atoms with Crippen LogP contribution in [0.15, 0.2) is 24.5 Å². The molecule has 3 aromatic rings. The van der Waals surface area contributed by atoms with Crippen LogP contribution in [0.5, 0.6) is 0 Å². The van der Waals surface area contributed by atoms with Gasteiger partial charge in [-0.15, -0.1) is 15.3 Å². The van der Waals surface area contributed by atoms with Crippen molar-refractivity contribution >= 4 is 11.5 Å². The van der Waals surface area contributed by atoms with E-state index in [1.54, 1.807) is 0 Å². The summed E-state index contributed by atoms with van der Waals surface area (Å²) in [7, 11) is 2.02. The van der Waals surface area contributed by atoms with Crippen LogP contribution in [-0.2, 0) is 19.0 Å². The number of nitrogens with zero attached hydrogens (tertiary/aromatic N) is 7. The van der Waals surface area contributed by atoms with E-state index in [1.165, 1.54) is 0 Å². The normalized spacial score (nSPS) is 15.6. The molecule has 4 rings (SSSR count). The molecule has 3 aromatic heterocycles. The van der Waals surface area contributed by atoms with E-state index in [4.69, 9.17) is 5.10 Å². The molecule has 0 radical (unpaired) electrons. The SMILES string of the molecule is Cn1ccnc1CNCC1CN(c2ccc3nnc(C(C)(C)C)n3n2)C1. The van der Waals surface area contributed by atoms with Crippen molar-refractivity contribution in [2.75, 3.05) is 24.5 Å². The maximum Gasteiger partial charge on any atom is 0.178 e. The van der Waals surface area contributed by atoms with Gasteiger partial charge in [-0.05, 0) is 12.1 Å². The van der Waals surface area contributed by atoms with Crippen molar-refractivity contribution in [3.05, 3.63) is 36.2 Å². The molecule has 1 fully saturated rings. The first-order chi connectivity index (χ1) is 12.4. The zero-order valence-corrected chi connectivity index (χ0v) is 15.8. The first-order valence-corrected chi connectivity index (χ1v) is 9.06. The van der Waals surface area contributed by atoms with Gasteiger partial charge in [0.25, 0.3) is 0 Å². The van der Waals surface area contributed by atoms with Gasteiger partial charge in [-0.1, -0.05) is 20.8 Å². The topological polar surface area (TPSA) is 76.2 Å². The molecule has 0 spiro atoms. The third-order valence-corrected chi connectivity index (χ3v) is 4.84. The Kier molecular flexibility index (Phi) is 4.14. The smallest absolute Gasteiger partial charge is 0.178 e. The number of hydrogen-bond donors (Lipinski definition) is 1. The largest absolute Gasteiger partial charge is 0.354 e. The van der Waals surface area contributed by atoms with Crippen LogP contribution in [0.25, 0.3) is 5.65 Å². The van der Waals surface area contributed by atoms with Gasteiger partial charge in [-0.25, -0.2) is 4.98 Å². The van der Waals surface area contributed by atoms with E-state index >= 15 is 0 Å². The lowest BCUT2D eigenvalue weighted by atomic mass is 9.96. The van der Waals surface area contributed by atoms with Crippen molar-refractivity contribution in [2.45, 2.75) is 32.7 Å². The van der Waals surface area contributed by atoms with Gasteiger partial charge < -0.3 is 14.8 Å². The van der Waals surface area contributed by atoms with Gasteiger partial charge in [-0.3, -0.25) is 0 Å². The van der Waals surface area contributed by atoms with Gasteiger partial charge >= 0.3 is 0 Å². The molecule has 8 heteroatoms. The summed E-state index contributed by atoms with van der Waals surface area (Å²) in [4.78, 5) is 6.64. The van der Waals surface area contributed by atoms with Gasteiger partial charge in [-0.2, -0.15) is 4.52 Å². The minimum Gasteiger partial charge on any atom is -0.354 e. The van der Waals surface area contributed by atoms with Crippen LogP contribution in [0.2, 0.25) is 0 Å². The molecular weight excluding hydrogens is 328 g/mol. The van der Waals surface area contributed by atoms with Crippen molar-refractivity contribution in [3.63, 3.8) is 0 Å². The molecular formula is C18H26N8. The van der Waals surface area contributed by atoms with Crippen LogP contribution in [0.3, 0.4) is 0 Å². The van der Waals surface area contributed by atoms with Crippen molar-refractivity contribution in [1.29, 1.82) is 0 Å². The van der Waals surface area contributed by atoms with Crippen molar-refractivity contribution in [3.8, 4) is 0 Å². The molecule has 0 aliphatic carbocycles. The number of fused-ring (bicyclic) bond motifs is 1. The fraction of sp³-hybridized carbons (Fsp3) is 0.556. The van der Waals surface area contributed by atoms with E-state index in [0.29, 0.717) is 5.92 Å². The summed E-state index contributed by atoms with van der Waals surface area (Å²) in [6.07, 6.45) is 3.81. The Morgan fingerprint density at radius 2 is 2.00 bits per heavy atom. The number of aryl methyl sites for hydroxylation is 1. The van der Waals surface area contributed by atoms with Gasteiger partial charge in [0.05, 0.1) is 6.54 Å². The molecule has 8 nitrogen and oxygen atoms in total. The van der Waals surface area contributed by atoms with Gasteiger partial charge in [0.15, 0.2) is 11.5 Å². The summed E-state index contributed by atoms with van der Waals surface area (Å²) in [6.45, 7) is 10.2. The number of anilines is 1. The summed E-state index contributed by atoms with van der Waals surface area (Å²) in [5.41, 5.74) is 0.713. The first-order valence-electron chi connectivity index (χ1n) is 9.06. The van der Waals surface area contributed by atoms with Crippen molar-refractivity contribution < 1.29 is 0 Å². The first kappa shape index (κ1) is 17.0. The Bertz CT molecular complexity index is 897. The number of aromatic nitrogens is 6. The molecule has 0 aromatic carbocycles. The molecule has 26 heavy (non-hydrogen) atoms. The lowest BCUT2D eigenvalue weighted by molar-refractivity contribution is 0.378. The zero-order chi connectivity index (χ0) is 18.3. The minimum atomic E-state index is -0.0859. The zero-order valence-electron chi connectivity index (χ0n) is 15.8. The second-order valence-electron chi connectivity index (χ2n) is 8.09. The molecule has 0 bridgehead atoms. The van der Waals surface area contributed by atoms with E-state index in [2.05, 4.69) is 46.2 Å². The van der Waals surface area contributed by atoms with Crippen LogP contribution >= 0.6 is 0 Å². The van der Waals surface area contributed by atoms with E-state index in [0.717, 1.165) is 49.3 Å². The standard InChI is InChI=1S/C18H26N8/c1-18(2,3)17-22-21-14-5-6-15(23-26(14)17)25-11-13(12-25)9-19-10-16-20-7-8-24(16)4/h5-8,13,19H,9-12H2,1-4H3. The molecule has 0 amide bonds. The lowest BCUT2D eigenvalue weighted by Gasteiger charge is -2.40. The Hall–Kier alpha value is -2.48. The molecule has 1 aliphatic heterocycles. The summed E-state index contributed by atoms with van der Waals surface area (Å²) in [5.74, 6) is 3.58. The quantitative estimate of drug-likeness (QED) is 0.746. The second-order valence-corrected chi connectivity index (χ2v) is 8.09. The van der Waals surface area contributed by atoms with Crippen molar-refractivity contribution in [1.82, 2.24) is 34.7 Å². The Morgan fingerprint density at radius 3 is 2.69 bits per heavy atom. The average molecular weight is 354 g/mol. The van der Waals surface area contributed by atoms with Crippen LogP contribution in [0.1, 0.15) is 32.4 Å². The summed E-state index contributed by atoms with van der Waals surface area (Å²) in [5, 5.41) is 16.8. The maximum absolute atomic E-state index is 4.77. The van der Waals surface area contributed by atoms with Crippen LogP contribution in [0.4, 0.5) is 5.82 Å². The van der Waals surface area contributed by atoms with Crippen LogP contribution in [0, 0.1) is 5.92 Å². The predicted molar refractivity (Wildman–Crippen MR) is 100 cm³/mol. The number of hydrogen-bond acceptors (Lipinski definition) is 6. The fourth-order valence-electron chi connectivity index (χ4n) is 3.26. The lowest BCUT2D eigenvalue weighted by Crippen LogP contribution is -2.51. The third-order valence-electron chi connectivity index (χ3n) is 4.84. The van der Waals surface area contributed by atoms with Gasteiger partial charge in [0, 0.05) is 50.4 Å². The Labute approximate surface area is 153 Å². The Balaban J connectivity index is 1.36. The summed E-state index contributed by atoms with van der Waals surface area (Å²) >= 11 is 0. The maximum atomic E-state index is 4.77. The highest BCUT2D eigenvalue weighted by atomic mass is 15.4. The molecule has 0 unspecified atom stereocenters. The summed E-state index contributed by atoms with van der Waals surface area (Å²) in [6, 6.07) is 4.03. The van der Waals surface area contributed by atoms with Crippen LogP contribution in [-0.4, -0.2) is 49.0 Å². The van der Waals surface area contributed by atoms with Crippen LogP contribution < -0.4 is 10.2 Å². The minimum absolute atomic E-state index is 0.0859. The van der Waals surface area contributed by atoms with Crippen molar-refractivity contribution in [2.24, 2.45) is 13.0 Å². The number of nitrogens with one attached hydrogen (secondary N) is 1. The predicted octanol–water partition coefficient (Wildman–Crippen LogP) is 1.38. The molecule has 0 saturated carbocycles. The van der Waals surface area contributed by atoms with E-state index in [1.807, 2.05) is 40.7 Å². The highest BCUT2D eigenvalue weighted by molar-refractivity contribution is 5.47. The van der Waals surface area contributed by atoms with Gasteiger partial charge in [0.1, 0.15) is 11.6 Å². The fourth-order valence-corrected chi connectivity index (χ4v) is 3.26. The molecule has 138 valence electrons. The number of rotatable bonds is 5. The average Bonchev–Trinajstić information content (AvgIpc) is 3.14. The second kappa shape index (κ2) is 6.35. The molecule has 1 aliphatic rings. The van der Waals surface area contributed by atoms with E-state index in [-0.39, 0.29) is 5.41 Å². The highest BCUT2D eigenvalue weighted by Gasteiger charge is 2.29. The third kappa shape index (κ3) is 3.16. The molecule has 4 heterocycles. The van der Waals surface area contributed by atoms with Gasteiger partial charge in [0.2, 0.25) is 0 Å². The number of imidazole rings is 1.